The number of pyridine rings is 1. The molecule has 0 spiro atoms. The Labute approximate surface area is 164 Å². The van der Waals surface area contributed by atoms with E-state index in [0.717, 1.165) is 49.1 Å². The Bertz CT molecular complexity index is 992. The number of hydrogen-bond donors (Lipinski definition) is 1. The summed E-state index contributed by atoms with van der Waals surface area (Å²) in [5.74, 6) is 0.521. The van der Waals surface area contributed by atoms with Gasteiger partial charge >= 0.3 is 0 Å². The van der Waals surface area contributed by atoms with Crippen molar-refractivity contribution in [3.05, 3.63) is 47.2 Å². The number of fused-ring (bicyclic) bond motifs is 1. The molecule has 6 nitrogen and oxygen atoms in total. The number of amides is 1. The predicted molar refractivity (Wildman–Crippen MR) is 109 cm³/mol. The summed E-state index contributed by atoms with van der Waals surface area (Å²) in [6.07, 6.45) is 2.18. The quantitative estimate of drug-likeness (QED) is 0.751. The van der Waals surface area contributed by atoms with Gasteiger partial charge in [-0.25, -0.2) is 4.98 Å². The summed E-state index contributed by atoms with van der Waals surface area (Å²) >= 11 is 0. The number of piperidine rings is 1. The van der Waals surface area contributed by atoms with Crippen LogP contribution < -0.4 is 5.32 Å². The Balaban J connectivity index is 1.75. The van der Waals surface area contributed by atoms with Crippen LogP contribution in [0.4, 0.5) is 0 Å². The Hall–Kier alpha value is -2.73. The van der Waals surface area contributed by atoms with E-state index in [1.54, 1.807) is 0 Å². The molecule has 0 radical (unpaired) electrons. The summed E-state index contributed by atoms with van der Waals surface area (Å²) in [7, 11) is 1.96. The second kappa shape index (κ2) is 7.72. The van der Waals surface area contributed by atoms with E-state index in [0.29, 0.717) is 22.9 Å². The van der Waals surface area contributed by atoms with Gasteiger partial charge in [0.15, 0.2) is 0 Å². The van der Waals surface area contributed by atoms with E-state index < -0.39 is 0 Å². The molecule has 1 unspecified atom stereocenters. The van der Waals surface area contributed by atoms with Crippen LogP contribution in [-0.4, -0.2) is 47.6 Å². The maximum absolute atomic E-state index is 13.5. The van der Waals surface area contributed by atoms with Gasteiger partial charge in [-0.15, -0.1) is 0 Å². The third-order valence-electron chi connectivity index (χ3n) is 5.49. The van der Waals surface area contributed by atoms with Gasteiger partial charge in [-0.3, -0.25) is 4.79 Å². The number of carbonyl (C=O) groups excluding carboxylic acids is 1. The minimum Gasteiger partial charge on any atom is -0.338 e. The number of aryl methyl sites for hydroxylation is 2. The van der Waals surface area contributed by atoms with Crippen molar-refractivity contribution in [1.82, 2.24) is 20.4 Å². The van der Waals surface area contributed by atoms with Crippen LogP contribution >= 0.6 is 0 Å². The van der Waals surface area contributed by atoms with Gasteiger partial charge in [-0.05, 0) is 52.3 Å². The first-order valence-electron chi connectivity index (χ1n) is 9.84. The molecule has 4 rings (SSSR count). The Morgan fingerprint density at radius 1 is 1.29 bits per heavy atom. The van der Waals surface area contributed by atoms with Crippen LogP contribution in [0.2, 0.25) is 0 Å². The fourth-order valence-corrected chi connectivity index (χ4v) is 4.01. The lowest BCUT2D eigenvalue weighted by Crippen LogP contribution is -2.42. The molecule has 1 aliphatic heterocycles. The van der Waals surface area contributed by atoms with E-state index >= 15 is 0 Å². The van der Waals surface area contributed by atoms with Gasteiger partial charge in [0, 0.05) is 18.7 Å². The predicted octanol–water partition coefficient (Wildman–Crippen LogP) is 3.58. The standard InChI is InChI=1S/C22H26N4O2/c1-14-6-8-17(9-7-14)19-11-18(20-15(2)25-28-21(20)24-19)22(27)26-10-4-5-16(13-26)12-23-3/h6-9,11,16,23H,4-5,10,12-13H2,1-3H3. The molecular formula is C22H26N4O2. The number of carbonyl (C=O) groups is 1. The largest absolute Gasteiger partial charge is 0.338 e. The van der Waals surface area contributed by atoms with Crippen LogP contribution in [0.25, 0.3) is 22.4 Å². The molecule has 0 aliphatic carbocycles. The van der Waals surface area contributed by atoms with Crippen LogP contribution in [0.15, 0.2) is 34.9 Å². The van der Waals surface area contributed by atoms with Gasteiger partial charge < -0.3 is 14.7 Å². The highest BCUT2D eigenvalue weighted by atomic mass is 16.5. The molecule has 1 aliphatic rings. The lowest BCUT2D eigenvalue weighted by atomic mass is 9.96. The molecule has 1 aromatic carbocycles. The number of hydrogen-bond acceptors (Lipinski definition) is 5. The van der Waals surface area contributed by atoms with Crippen molar-refractivity contribution >= 4 is 17.0 Å². The number of nitrogens with zero attached hydrogens (tertiary/aromatic N) is 3. The summed E-state index contributed by atoms with van der Waals surface area (Å²) in [5.41, 5.74) is 4.62. The number of likely N-dealkylation sites (tertiary alicyclic amines) is 1. The molecule has 1 atom stereocenters. The van der Waals surface area contributed by atoms with Crippen molar-refractivity contribution in [2.45, 2.75) is 26.7 Å². The molecule has 1 fully saturated rings. The first-order valence-corrected chi connectivity index (χ1v) is 9.84. The van der Waals surface area contributed by atoms with E-state index in [4.69, 9.17) is 4.52 Å². The van der Waals surface area contributed by atoms with Crippen LogP contribution in [0.5, 0.6) is 0 Å². The van der Waals surface area contributed by atoms with Gasteiger partial charge in [0.25, 0.3) is 11.6 Å². The van der Waals surface area contributed by atoms with Crippen molar-refractivity contribution in [2.75, 3.05) is 26.7 Å². The minimum absolute atomic E-state index is 0.0351. The first-order chi connectivity index (χ1) is 13.6. The zero-order valence-electron chi connectivity index (χ0n) is 16.7. The second-order valence-electron chi connectivity index (χ2n) is 7.69. The monoisotopic (exact) mass is 378 g/mol. The van der Waals surface area contributed by atoms with Gasteiger partial charge in [0.1, 0.15) is 0 Å². The third-order valence-corrected chi connectivity index (χ3v) is 5.49. The summed E-state index contributed by atoms with van der Waals surface area (Å²) in [4.78, 5) is 20.0. The van der Waals surface area contributed by atoms with Gasteiger partial charge in [0.2, 0.25) is 0 Å². The Morgan fingerprint density at radius 2 is 2.07 bits per heavy atom. The maximum atomic E-state index is 13.5. The first kappa shape index (κ1) is 18.6. The normalized spacial score (nSPS) is 17.2. The number of benzene rings is 1. The van der Waals surface area contributed by atoms with E-state index in [-0.39, 0.29) is 5.91 Å². The molecule has 1 N–H and O–H groups in total. The van der Waals surface area contributed by atoms with Crippen molar-refractivity contribution in [1.29, 1.82) is 0 Å². The number of rotatable bonds is 4. The van der Waals surface area contributed by atoms with E-state index in [1.165, 1.54) is 5.56 Å². The van der Waals surface area contributed by atoms with Gasteiger partial charge in [-0.2, -0.15) is 0 Å². The Morgan fingerprint density at radius 3 is 2.82 bits per heavy atom. The van der Waals surface area contributed by atoms with E-state index in [9.17, 15) is 4.79 Å². The van der Waals surface area contributed by atoms with Gasteiger partial charge in [0.05, 0.1) is 22.3 Å². The average Bonchev–Trinajstić information content (AvgIpc) is 3.09. The highest BCUT2D eigenvalue weighted by molar-refractivity contribution is 6.07. The van der Waals surface area contributed by atoms with Crippen molar-refractivity contribution in [2.24, 2.45) is 5.92 Å². The summed E-state index contributed by atoms with van der Waals surface area (Å²) in [6.45, 7) is 6.39. The molecular weight excluding hydrogens is 352 g/mol. The minimum atomic E-state index is 0.0351. The van der Waals surface area contributed by atoms with E-state index in [2.05, 4.69) is 15.5 Å². The third kappa shape index (κ3) is 3.52. The van der Waals surface area contributed by atoms with Crippen molar-refractivity contribution in [3.63, 3.8) is 0 Å². The fraction of sp³-hybridized carbons (Fsp3) is 0.409. The molecule has 2 aromatic heterocycles. The Kier molecular flexibility index (Phi) is 5.13. The molecule has 1 amide bonds. The van der Waals surface area contributed by atoms with Gasteiger partial charge in [-0.1, -0.05) is 35.0 Å². The van der Waals surface area contributed by atoms with Crippen LogP contribution in [0.1, 0.15) is 34.5 Å². The second-order valence-corrected chi connectivity index (χ2v) is 7.69. The van der Waals surface area contributed by atoms with Crippen LogP contribution in [-0.2, 0) is 0 Å². The highest BCUT2D eigenvalue weighted by Crippen LogP contribution is 2.29. The topological polar surface area (TPSA) is 71.3 Å². The molecule has 3 heterocycles. The molecule has 28 heavy (non-hydrogen) atoms. The molecule has 1 saturated heterocycles. The zero-order chi connectivity index (χ0) is 19.7. The summed E-state index contributed by atoms with van der Waals surface area (Å²) < 4.78 is 5.43. The number of aromatic nitrogens is 2. The molecule has 0 saturated carbocycles. The van der Waals surface area contributed by atoms with Crippen LogP contribution in [0.3, 0.4) is 0 Å². The lowest BCUT2D eigenvalue weighted by Gasteiger charge is -2.33. The SMILES string of the molecule is CNCC1CCCN(C(=O)c2cc(-c3ccc(C)cc3)nc3onc(C)c23)C1. The zero-order valence-corrected chi connectivity index (χ0v) is 16.7. The lowest BCUT2D eigenvalue weighted by molar-refractivity contribution is 0.0676. The maximum Gasteiger partial charge on any atom is 0.259 e. The van der Waals surface area contributed by atoms with Crippen molar-refractivity contribution in [3.8, 4) is 11.3 Å². The fourth-order valence-electron chi connectivity index (χ4n) is 4.01. The van der Waals surface area contributed by atoms with Crippen LogP contribution in [0, 0.1) is 19.8 Å². The molecule has 3 aromatic rings. The smallest absolute Gasteiger partial charge is 0.259 e. The molecule has 0 bridgehead atoms. The molecule has 146 valence electrons. The molecule has 6 heteroatoms. The number of nitrogens with one attached hydrogen (secondary N) is 1. The summed E-state index contributed by atoms with van der Waals surface area (Å²) in [5, 5.41) is 8.01. The average molecular weight is 378 g/mol. The van der Waals surface area contributed by atoms with E-state index in [1.807, 2.05) is 56.1 Å². The summed E-state index contributed by atoms with van der Waals surface area (Å²) in [6, 6.07) is 10.0. The highest BCUT2D eigenvalue weighted by Gasteiger charge is 2.27. The van der Waals surface area contributed by atoms with Crippen molar-refractivity contribution < 1.29 is 9.32 Å².